The number of anilines is 1. The molecule has 1 N–H and O–H groups in total. The molecule has 0 bridgehead atoms. The summed E-state index contributed by atoms with van der Waals surface area (Å²) >= 11 is 1.37. The van der Waals surface area contributed by atoms with Gasteiger partial charge in [0.25, 0.3) is 0 Å². The van der Waals surface area contributed by atoms with Gasteiger partial charge in [-0.2, -0.15) is 0 Å². The van der Waals surface area contributed by atoms with Crippen LogP contribution in [0, 0.1) is 0 Å². The number of ether oxygens (including phenoxy) is 2. The van der Waals surface area contributed by atoms with Gasteiger partial charge in [-0.3, -0.25) is 9.20 Å². The number of fused-ring (bicyclic) bond motifs is 5. The number of para-hydroxylation sites is 3. The number of hydrogen-bond donors (Lipinski definition) is 1. The fourth-order valence-corrected chi connectivity index (χ4v) is 4.44. The highest BCUT2D eigenvalue weighted by molar-refractivity contribution is 7.99. The Morgan fingerprint density at radius 1 is 0.969 bits per heavy atom. The molecule has 2 aromatic heterocycles. The largest absolute Gasteiger partial charge is 0.497 e. The van der Waals surface area contributed by atoms with E-state index in [0.29, 0.717) is 22.3 Å². The average molecular weight is 445 g/mol. The minimum atomic E-state index is -0.161. The van der Waals surface area contributed by atoms with Crippen molar-refractivity contribution in [2.24, 2.45) is 0 Å². The number of thioether (sulfide) groups is 1. The number of benzene rings is 3. The lowest BCUT2D eigenvalue weighted by Crippen LogP contribution is -2.15. The summed E-state index contributed by atoms with van der Waals surface area (Å²) in [5.74, 6) is 1.21. The monoisotopic (exact) mass is 444 g/mol. The van der Waals surface area contributed by atoms with Crippen molar-refractivity contribution in [2.75, 3.05) is 25.3 Å². The van der Waals surface area contributed by atoms with E-state index in [9.17, 15) is 4.79 Å². The van der Waals surface area contributed by atoms with Crippen LogP contribution < -0.4 is 14.8 Å². The van der Waals surface area contributed by atoms with Gasteiger partial charge in [-0.1, -0.05) is 36.0 Å². The highest BCUT2D eigenvalue weighted by Crippen LogP contribution is 2.31. The molecule has 2 heterocycles. The zero-order chi connectivity index (χ0) is 22.1. The van der Waals surface area contributed by atoms with Crippen molar-refractivity contribution >= 4 is 50.9 Å². The summed E-state index contributed by atoms with van der Waals surface area (Å²) in [6.07, 6.45) is 0. The standard InChI is InChI=1S/C24H20N4O3S/c1-30-15-11-12-19(21(13-15)31-2)25-22(29)14-32-24-27-17-8-4-3-7-16(17)23-26-18-9-5-6-10-20(18)28(23)24/h3-13H,14H2,1-2H3,(H,25,29). The Kier molecular flexibility index (Phi) is 5.28. The molecule has 32 heavy (non-hydrogen) atoms. The quantitative estimate of drug-likeness (QED) is 0.300. The van der Waals surface area contributed by atoms with E-state index in [1.54, 1.807) is 32.4 Å². The number of aromatic nitrogens is 3. The maximum atomic E-state index is 12.7. The molecule has 0 aliphatic heterocycles. The van der Waals surface area contributed by atoms with Crippen LogP contribution in [0.15, 0.2) is 71.9 Å². The van der Waals surface area contributed by atoms with E-state index in [1.807, 2.05) is 52.9 Å². The Labute approximate surface area is 188 Å². The summed E-state index contributed by atoms with van der Waals surface area (Å²) in [6.45, 7) is 0. The summed E-state index contributed by atoms with van der Waals surface area (Å²) in [5, 5.41) is 4.59. The van der Waals surface area contributed by atoms with Crippen LogP contribution in [-0.2, 0) is 4.79 Å². The first kappa shape index (κ1) is 20.1. The lowest BCUT2D eigenvalue weighted by molar-refractivity contribution is -0.113. The van der Waals surface area contributed by atoms with Gasteiger partial charge in [-0.15, -0.1) is 0 Å². The normalized spacial score (nSPS) is 11.2. The van der Waals surface area contributed by atoms with Crippen LogP contribution in [0.3, 0.4) is 0 Å². The topological polar surface area (TPSA) is 77.8 Å². The van der Waals surface area contributed by atoms with E-state index in [0.717, 1.165) is 27.6 Å². The molecule has 0 radical (unpaired) electrons. The van der Waals surface area contributed by atoms with Crippen molar-refractivity contribution in [1.82, 2.24) is 14.4 Å². The van der Waals surface area contributed by atoms with E-state index in [-0.39, 0.29) is 11.7 Å². The Balaban J connectivity index is 1.47. The van der Waals surface area contributed by atoms with Crippen LogP contribution in [0.2, 0.25) is 0 Å². The lowest BCUT2D eigenvalue weighted by atomic mass is 10.2. The van der Waals surface area contributed by atoms with Crippen LogP contribution in [-0.4, -0.2) is 40.2 Å². The van der Waals surface area contributed by atoms with Crippen molar-refractivity contribution in [3.8, 4) is 11.5 Å². The minimum absolute atomic E-state index is 0.161. The Morgan fingerprint density at radius 3 is 2.56 bits per heavy atom. The zero-order valence-electron chi connectivity index (χ0n) is 17.5. The number of carbonyl (C=O) groups is 1. The first-order valence-corrected chi connectivity index (χ1v) is 11.0. The van der Waals surface area contributed by atoms with Gasteiger partial charge in [0, 0.05) is 11.5 Å². The van der Waals surface area contributed by atoms with Gasteiger partial charge in [0.1, 0.15) is 17.1 Å². The predicted molar refractivity (Wildman–Crippen MR) is 127 cm³/mol. The minimum Gasteiger partial charge on any atom is -0.497 e. The molecule has 0 unspecified atom stereocenters. The number of carbonyl (C=O) groups excluding carboxylic acids is 1. The van der Waals surface area contributed by atoms with Crippen LogP contribution >= 0.6 is 11.8 Å². The fraction of sp³-hybridized carbons (Fsp3) is 0.125. The highest BCUT2D eigenvalue weighted by Gasteiger charge is 2.16. The molecule has 5 rings (SSSR count). The number of nitrogens with zero attached hydrogens (tertiary/aromatic N) is 3. The van der Waals surface area contributed by atoms with Gasteiger partial charge in [-0.25, -0.2) is 9.97 Å². The molecule has 1 amide bonds. The molecular weight excluding hydrogens is 424 g/mol. The SMILES string of the molecule is COc1ccc(NC(=O)CSc2nc3ccccc3c3nc4ccccc4n23)c(OC)c1. The first-order chi connectivity index (χ1) is 15.7. The van der Waals surface area contributed by atoms with Crippen molar-refractivity contribution in [3.05, 3.63) is 66.7 Å². The first-order valence-electron chi connectivity index (χ1n) is 9.98. The molecule has 3 aromatic carbocycles. The molecule has 0 spiro atoms. The third kappa shape index (κ3) is 3.58. The number of hydrogen-bond acceptors (Lipinski definition) is 6. The summed E-state index contributed by atoms with van der Waals surface area (Å²) in [4.78, 5) is 22.4. The second kappa shape index (κ2) is 8.39. The van der Waals surface area contributed by atoms with Crippen molar-refractivity contribution in [2.45, 2.75) is 5.16 Å². The molecule has 8 heteroatoms. The van der Waals surface area contributed by atoms with E-state index >= 15 is 0 Å². The van der Waals surface area contributed by atoms with Crippen LogP contribution in [0.25, 0.3) is 27.6 Å². The molecule has 0 saturated carbocycles. The molecule has 160 valence electrons. The second-order valence-electron chi connectivity index (χ2n) is 7.07. The Hall–Kier alpha value is -3.78. The number of nitrogens with one attached hydrogen (secondary N) is 1. The Morgan fingerprint density at radius 2 is 1.75 bits per heavy atom. The molecule has 0 fully saturated rings. The van der Waals surface area contributed by atoms with E-state index in [2.05, 4.69) is 5.32 Å². The average Bonchev–Trinajstić information content (AvgIpc) is 3.23. The summed E-state index contributed by atoms with van der Waals surface area (Å²) in [6, 6.07) is 21.1. The van der Waals surface area contributed by atoms with Crippen molar-refractivity contribution in [1.29, 1.82) is 0 Å². The summed E-state index contributed by atoms with van der Waals surface area (Å²) < 4.78 is 12.6. The Bertz CT molecular complexity index is 1460. The fourth-order valence-electron chi connectivity index (χ4n) is 3.63. The summed E-state index contributed by atoms with van der Waals surface area (Å²) in [5.41, 5.74) is 4.11. The third-order valence-corrected chi connectivity index (χ3v) is 6.07. The lowest BCUT2D eigenvalue weighted by Gasteiger charge is -2.12. The van der Waals surface area contributed by atoms with Gasteiger partial charge in [-0.05, 0) is 36.4 Å². The van der Waals surface area contributed by atoms with Crippen LogP contribution in [0.4, 0.5) is 5.69 Å². The van der Waals surface area contributed by atoms with Gasteiger partial charge in [0.2, 0.25) is 5.91 Å². The molecule has 5 aromatic rings. The molecule has 7 nitrogen and oxygen atoms in total. The predicted octanol–water partition coefficient (Wildman–Crippen LogP) is 4.78. The maximum absolute atomic E-state index is 12.7. The molecule has 0 aliphatic rings. The number of imidazole rings is 1. The number of rotatable bonds is 6. The third-order valence-electron chi connectivity index (χ3n) is 5.13. The summed E-state index contributed by atoms with van der Waals surface area (Å²) in [7, 11) is 3.14. The molecule has 0 atom stereocenters. The molecule has 0 aliphatic carbocycles. The van der Waals surface area contributed by atoms with Crippen LogP contribution in [0.1, 0.15) is 0 Å². The number of amides is 1. The second-order valence-corrected chi connectivity index (χ2v) is 8.02. The highest BCUT2D eigenvalue weighted by atomic mass is 32.2. The van der Waals surface area contributed by atoms with Gasteiger partial charge < -0.3 is 14.8 Å². The van der Waals surface area contributed by atoms with Crippen LogP contribution in [0.5, 0.6) is 11.5 Å². The van der Waals surface area contributed by atoms with E-state index in [4.69, 9.17) is 19.4 Å². The number of methoxy groups -OCH3 is 2. The van der Waals surface area contributed by atoms with E-state index in [1.165, 1.54) is 11.8 Å². The van der Waals surface area contributed by atoms with Gasteiger partial charge in [0.05, 0.1) is 42.2 Å². The van der Waals surface area contributed by atoms with Crippen molar-refractivity contribution < 1.29 is 14.3 Å². The van der Waals surface area contributed by atoms with E-state index < -0.39 is 0 Å². The van der Waals surface area contributed by atoms with Gasteiger partial charge >= 0.3 is 0 Å². The van der Waals surface area contributed by atoms with Gasteiger partial charge in [0.15, 0.2) is 5.16 Å². The maximum Gasteiger partial charge on any atom is 0.234 e. The smallest absolute Gasteiger partial charge is 0.234 e. The van der Waals surface area contributed by atoms with Crippen molar-refractivity contribution in [3.63, 3.8) is 0 Å². The molecule has 0 saturated heterocycles. The molecular formula is C24H20N4O3S. The zero-order valence-corrected chi connectivity index (χ0v) is 18.3.